The first-order valence-corrected chi connectivity index (χ1v) is 8.07. The Kier molecular flexibility index (Phi) is 5.53. The molecule has 3 heteroatoms. The second-order valence-corrected chi connectivity index (χ2v) is 6.43. The van der Waals surface area contributed by atoms with Gasteiger partial charge in [0.05, 0.1) is 5.02 Å². The molecule has 0 aliphatic heterocycles. The van der Waals surface area contributed by atoms with Crippen LogP contribution in [0.3, 0.4) is 0 Å². The summed E-state index contributed by atoms with van der Waals surface area (Å²) < 4.78 is 0. The zero-order valence-corrected chi connectivity index (χ0v) is 13.5. The molecule has 0 bridgehead atoms. The van der Waals surface area contributed by atoms with Crippen molar-refractivity contribution in [2.75, 3.05) is 0 Å². The summed E-state index contributed by atoms with van der Waals surface area (Å²) in [6.07, 6.45) is 1.84. The third-order valence-corrected chi connectivity index (χ3v) is 5.15. The lowest BCUT2D eigenvalue weighted by molar-refractivity contribution is 0.641. The average Bonchev–Trinajstić information content (AvgIpc) is 2.44. The summed E-state index contributed by atoms with van der Waals surface area (Å²) in [5.41, 5.74) is 8.60. The maximum atomic E-state index is 6.40. The third kappa shape index (κ3) is 3.78. The Morgan fingerprint density at radius 3 is 2.60 bits per heavy atom. The van der Waals surface area contributed by atoms with E-state index in [1.807, 2.05) is 12.1 Å². The Labute approximate surface area is 130 Å². The summed E-state index contributed by atoms with van der Waals surface area (Å²) in [6.45, 7) is 4.24. The second-order valence-electron chi connectivity index (χ2n) is 4.97. The Hall–Kier alpha value is -0.960. The van der Waals surface area contributed by atoms with Crippen LogP contribution in [0.15, 0.2) is 52.3 Å². The maximum absolute atomic E-state index is 6.40. The van der Waals surface area contributed by atoms with Gasteiger partial charge in [-0.3, -0.25) is 0 Å². The van der Waals surface area contributed by atoms with Crippen molar-refractivity contribution in [2.45, 2.75) is 42.5 Å². The first-order chi connectivity index (χ1) is 9.61. The Morgan fingerprint density at radius 2 is 1.90 bits per heavy atom. The number of benzene rings is 2. The van der Waals surface area contributed by atoms with E-state index >= 15 is 0 Å². The van der Waals surface area contributed by atoms with Crippen molar-refractivity contribution in [3.8, 4) is 0 Å². The first-order valence-electron chi connectivity index (χ1n) is 6.88. The van der Waals surface area contributed by atoms with Gasteiger partial charge in [-0.1, -0.05) is 60.6 Å². The largest absolute Gasteiger partial charge is 0.327 e. The molecular weight excluding hydrogens is 286 g/mol. The molecule has 0 spiro atoms. The molecule has 0 saturated carbocycles. The van der Waals surface area contributed by atoms with Crippen LogP contribution in [0.1, 0.15) is 24.5 Å². The standard InChI is InChI=1S/C17H20ClNS/c1-3-14(19)11-13-8-6-9-15(18)17(13)20-16-10-5-4-7-12(16)2/h4-10,14H,3,11,19H2,1-2H3. The van der Waals surface area contributed by atoms with Crippen molar-refractivity contribution in [1.29, 1.82) is 0 Å². The summed E-state index contributed by atoms with van der Waals surface area (Å²) >= 11 is 8.13. The number of aryl methyl sites for hydroxylation is 1. The summed E-state index contributed by atoms with van der Waals surface area (Å²) in [4.78, 5) is 2.37. The number of halogens is 1. The van der Waals surface area contributed by atoms with Crippen LogP contribution in [-0.2, 0) is 6.42 Å². The smallest absolute Gasteiger partial charge is 0.0548 e. The minimum Gasteiger partial charge on any atom is -0.327 e. The van der Waals surface area contributed by atoms with Gasteiger partial charge in [-0.05, 0) is 43.0 Å². The molecule has 0 aromatic heterocycles. The van der Waals surface area contributed by atoms with Gasteiger partial charge >= 0.3 is 0 Å². The van der Waals surface area contributed by atoms with Crippen LogP contribution in [0.2, 0.25) is 5.02 Å². The van der Waals surface area contributed by atoms with Gasteiger partial charge in [0.1, 0.15) is 0 Å². The summed E-state index contributed by atoms with van der Waals surface area (Å²) in [7, 11) is 0. The average molecular weight is 306 g/mol. The fourth-order valence-electron chi connectivity index (χ4n) is 2.04. The molecule has 0 heterocycles. The van der Waals surface area contributed by atoms with E-state index in [9.17, 15) is 0 Å². The molecule has 0 saturated heterocycles. The zero-order valence-electron chi connectivity index (χ0n) is 11.9. The first kappa shape index (κ1) is 15.4. The molecule has 2 N–H and O–H groups in total. The molecule has 1 unspecified atom stereocenters. The molecule has 0 aliphatic rings. The minimum atomic E-state index is 0.185. The van der Waals surface area contributed by atoms with Gasteiger partial charge in [-0.15, -0.1) is 0 Å². The fourth-order valence-corrected chi connectivity index (χ4v) is 3.39. The van der Waals surface area contributed by atoms with Crippen LogP contribution >= 0.6 is 23.4 Å². The molecule has 20 heavy (non-hydrogen) atoms. The molecule has 0 aliphatic carbocycles. The molecule has 0 radical (unpaired) electrons. The predicted octanol–water partition coefficient (Wildman–Crippen LogP) is 5.08. The van der Waals surface area contributed by atoms with Crippen molar-refractivity contribution < 1.29 is 0 Å². The van der Waals surface area contributed by atoms with E-state index in [4.69, 9.17) is 17.3 Å². The number of hydrogen-bond donors (Lipinski definition) is 1. The molecule has 2 aromatic rings. The molecule has 106 valence electrons. The van der Waals surface area contributed by atoms with Gasteiger partial charge in [-0.2, -0.15) is 0 Å². The van der Waals surface area contributed by atoms with Crippen LogP contribution in [0.25, 0.3) is 0 Å². The van der Waals surface area contributed by atoms with Crippen molar-refractivity contribution in [3.05, 3.63) is 58.6 Å². The quantitative estimate of drug-likeness (QED) is 0.833. The molecule has 2 aromatic carbocycles. The van der Waals surface area contributed by atoms with Crippen LogP contribution in [-0.4, -0.2) is 6.04 Å². The lowest BCUT2D eigenvalue weighted by atomic mass is 10.0. The van der Waals surface area contributed by atoms with E-state index in [0.717, 1.165) is 22.8 Å². The minimum absolute atomic E-state index is 0.185. The molecular formula is C17H20ClNS. The van der Waals surface area contributed by atoms with E-state index < -0.39 is 0 Å². The molecule has 1 nitrogen and oxygen atoms in total. The lowest BCUT2D eigenvalue weighted by Crippen LogP contribution is -2.21. The highest BCUT2D eigenvalue weighted by Gasteiger charge is 2.12. The van der Waals surface area contributed by atoms with E-state index in [1.54, 1.807) is 11.8 Å². The Bertz CT molecular complexity index is 583. The van der Waals surface area contributed by atoms with Gasteiger partial charge in [0.15, 0.2) is 0 Å². The molecule has 0 amide bonds. The van der Waals surface area contributed by atoms with Gasteiger partial charge < -0.3 is 5.73 Å². The third-order valence-electron chi connectivity index (χ3n) is 3.36. The highest BCUT2D eigenvalue weighted by molar-refractivity contribution is 7.99. The van der Waals surface area contributed by atoms with Crippen molar-refractivity contribution in [1.82, 2.24) is 0 Å². The van der Waals surface area contributed by atoms with Crippen molar-refractivity contribution in [2.24, 2.45) is 5.73 Å². The molecule has 2 rings (SSSR count). The van der Waals surface area contributed by atoms with E-state index in [0.29, 0.717) is 0 Å². The predicted molar refractivity (Wildman–Crippen MR) is 88.7 cm³/mol. The lowest BCUT2D eigenvalue weighted by Gasteiger charge is -2.15. The Morgan fingerprint density at radius 1 is 1.15 bits per heavy atom. The number of rotatable bonds is 5. The van der Waals surface area contributed by atoms with Gasteiger partial charge in [0, 0.05) is 15.8 Å². The van der Waals surface area contributed by atoms with Gasteiger partial charge in [0.2, 0.25) is 0 Å². The number of nitrogens with two attached hydrogens (primary N) is 1. The monoisotopic (exact) mass is 305 g/mol. The molecule has 0 fully saturated rings. The van der Waals surface area contributed by atoms with E-state index in [2.05, 4.69) is 44.2 Å². The van der Waals surface area contributed by atoms with E-state index in [-0.39, 0.29) is 6.04 Å². The van der Waals surface area contributed by atoms with Crippen LogP contribution in [0.5, 0.6) is 0 Å². The van der Waals surface area contributed by atoms with Crippen LogP contribution in [0, 0.1) is 6.92 Å². The van der Waals surface area contributed by atoms with Gasteiger partial charge in [0.25, 0.3) is 0 Å². The topological polar surface area (TPSA) is 26.0 Å². The second kappa shape index (κ2) is 7.16. The van der Waals surface area contributed by atoms with Crippen LogP contribution < -0.4 is 5.73 Å². The summed E-state index contributed by atoms with van der Waals surface area (Å²) in [5.74, 6) is 0. The maximum Gasteiger partial charge on any atom is 0.0548 e. The summed E-state index contributed by atoms with van der Waals surface area (Å²) in [6, 6.07) is 14.6. The van der Waals surface area contributed by atoms with E-state index in [1.165, 1.54) is 16.0 Å². The fraction of sp³-hybridized carbons (Fsp3) is 0.294. The van der Waals surface area contributed by atoms with Crippen molar-refractivity contribution >= 4 is 23.4 Å². The molecule has 1 atom stereocenters. The zero-order chi connectivity index (χ0) is 14.5. The highest BCUT2D eigenvalue weighted by Crippen LogP contribution is 2.37. The van der Waals surface area contributed by atoms with Gasteiger partial charge in [-0.25, -0.2) is 0 Å². The highest BCUT2D eigenvalue weighted by atomic mass is 35.5. The van der Waals surface area contributed by atoms with Crippen LogP contribution in [0.4, 0.5) is 0 Å². The normalized spacial score (nSPS) is 12.4. The summed E-state index contributed by atoms with van der Waals surface area (Å²) in [5, 5.41) is 0.805. The van der Waals surface area contributed by atoms with Crippen molar-refractivity contribution in [3.63, 3.8) is 0 Å². The number of hydrogen-bond acceptors (Lipinski definition) is 2. The SMILES string of the molecule is CCC(N)Cc1cccc(Cl)c1Sc1ccccc1C. The Balaban J connectivity index is 2.33.